The summed E-state index contributed by atoms with van der Waals surface area (Å²) in [7, 11) is 0. The van der Waals surface area contributed by atoms with Crippen molar-refractivity contribution >= 4 is 5.97 Å². The van der Waals surface area contributed by atoms with Crippen molar-refractivity contribution in [1.29, 1.82) is 0 Å². The molecule has 86 valence electrons. The Morgan fingerprint density at radius 1 is 1.38 bits per heavy atom. The molecule has 0 N–H and O–H groups in total. The van der Waals surface area contributed by atoms with Crippen molar-refractivity contribution in [2.75, 3.05) is 0 Å². The Bertz CT molecular complexity index is 382. The van der Waals surface area contributed by atoms with Crippen molar-refractivity contribution in [3.8, 4) is 0 Å². The summed E-state index contributed by atoms with van der Waals surface area (Å²) in [6.45, 7) is 4.39. The van der Waals surface area contributed by atoms with Crippen LogP contribution in [0.3, 0.4) is 0 Å². The van der Waals surface area contributed by atoms with Crippen LogP contribution >= 0.6 is 0 Å². The van der Waals surface area contributed by atoms with E-state index in [1.807, 2.05) is 24.3 Å². The van der Waals surface area contributed by atoms with Crippen LogP contribution in [0.15, 0.2) is 24.3 Å². The summed E-state index contributed by atoms with van der Waals surface area (Å²) in [4.78, 5) is 11.7. The highest BCUT2D eigenvalue weighted by molar-refractivity contribution is 5.92. The van der Waals surface area contributed by atoms with Crippen LogP contribution in [0, 0.1) is 5.92 Å². The lowest BCUT2D eigenvalue weighted by Gasteiger charge is -2.25. The van der Waals surface area contributed by atoms with Crippen molar-refractivity contribution in [2.45, 2.75) is 39.2 Å². The van der Waals surface area contributed by atoms with Gasteiger partial charge in [-0.1, -0.05) is 32.0 Å². The van der Waals surface area contributed by atoms with Gasteiger partial charge in [-0.15, -0.1) is 0 Å². The summed E-state index contributed by atoms with van der Waals surface area (Å²) in [5.74, 6) is 0.506. The molecule has 1 aromatic carbocycles. The normalized spacial score (nSPS) is 19.4. The van der Waals surface area contributed by atoms with Gasteiger partial charge in [0.15, 0.2) is 0 Å². The second-order valence-corrected chi connectivity index (χ2v) is 4.86. The van der Waals surface area contributed by atoms with E-state index in [4.69, 9.17) is 4.74 Å². The van der Waals surface area contributed by atoms with E-state index in [2.05, 4.69) is 13.8 Å². The highest BCUT2D eigenvalue weighted by Crippen LogP contribution is 2.23. The number of carbonyl (C=O) groups excluding carboxylic acids is 1. The minimum absolute atomic E-state index is 0.0739. The third-order valence-corrected chi connectivity index (χ3v) is 3.02. The van der Waals surface area contributed by atoms with Gasteiger partial charge in [0.25, 0.3) is 0 Å². The Balaban J connectivity index is 2.06. The maximum Gasteiger partial charge on any atom is 0.338 e. The van der Waals surface area contributed by atoms with Gasteiger partial charge in [0.1, 0.15) is 6.10 Å². The van der Waals surface area contributed by atoms with Gasteiger partial charge < -0.3 is 4.74 Å². The van der Waals surface area contributed by atoms with Gasteiger partial charge in [-0.3, -0.25) is 0 Å². The molecule has 1 atom stereocenters. The molecule has 1 heterocycles. The van der Waals surface area contributed by atoms with Gasteiger partial charge in [0.2, 0.25) is 0 Å². The number of benzene rings is 1. The van der Waals surface area contributed by atoms with Gasteiger partial charge >= 0.3 is 5.97 Å². The lowest BCUT2D eigenvalue weighted by Crippen LogP contribution is -2.27. The van der Waals surface area contributed by atoms with Crippen molar-refractivity contribution < 1.29 is 9.53 Å². The molecule has 0 saturated heterocycles. The van der Waals surface area contributed by atoms with E-state index in [9.17, 15) is 4.79 Å². The number of carbonyl (C=O) groups is 1. The second kappa shape index (κ2) is 4.69. The molecule has 1 aliphatic rings. The molecule has 0 fully saturated rings. The zero-order valence-electron chi connectivity index (χ0n) is 9.90. The minimum atomic E-state index is -0.157. The molecule has 2 heteroatoms. The first-order valence-electron chi connectivity index (χ1n) is 5.95. The van der Waals surface area contributed by atoms with Crippen molar-refractivity contribution in [2.24, 2.45) is 5.92 Å². The molecule has 0 saturated carbocycles. The Labute approximate surface area is 96.6 Å². The van der Waals surface area contributed by atoms with Crippen LogP contribution in [-0.4, -0.2) is 12.1 Å². The molecule has 0 aromatic heterocycles. The van der Waals surface area contributed by atoms with Gasteiger partial charge in [0, 0.05) is 6.42 Å². The van der Waals surface area contributed by atoms with E-state index < -0.39 is 0 Å². The first-order chi connectivity index (χ1) is 7.66. The predicted molar refractivity (Wildman–Crippen MR) is 63.4 cm³/mol. The topological polar surface area (TPSA) is 26.3 Å². The fourth-order valence-electron chi connectivity index (χ4n) is 2.08. The number of esters is 1. The van der Waals surface area contributed by atoms with E-state index in [0.29, 0.717) is 5.92 Å². The molecule has 1 aliphatic heterocycles. The van der Waals surface area contributed by atoms with E-state index >= 15 is 0 Å². The predicted octanol–water partition coefficient (Wildman–Crippen LogP) is 3.20. The van der Waals surface area contributed by atoms with E-state index in [1.54, 1.807) is 0 Å². The second-order valence-electron chi connectivity index (χ2n) is 4.86. The molecule has 2 rings (SSSR count). The maximum absolute atomic E-state index is 11.7. The number of fused-ring (bicyclic) bond motifs is 1. The van der Waals surface area contributed by atoms with E-state index in [-0.39, 0.29) is 12.1 Å². The molecule has 1 unspecified atom stereocenters. The van der Waals surface area contributed by atoms with Crippen molar-refractivity contribution in [3.63, 3.8) is 0 Å². The molecule has 16 heavy (non-hydrogen) atoms. The van der Waals surface area contributed by atoms with Crippen LogP contribution in [0.1, 0.15) is 42.6 Å². The first kappa shape index (κ1) is 11.2. The number of ether oxygens (including phenoxy) is 1. The average molecular weight is 218 g/mol. The summed E-state index contributed by atoms with van der Waals surface area (Å²) in [6.07, 6.45) is 3.02. The third kappa shape index (κ3) is 2.43. The van der Waals surface area contributed by atoms with Crippen LogP contribution in [-0.2, 0) is 11.2 Å². The molecule has 0 aliphatic carbocycles. The molecule has 0 radical (unpaired) electrons. The summed E-state index contributed by atoms with van der Waals surface area (Å²) >= 11 is 0. The number of rotatable bonds is 3. The highest BCUT2D eigenvalue weighted by Gasteiger charge is 2.25. The monoisotopic (exact) mass is 218 g/mol. The lowest BCUT2D eigenvalue weighted by molar-refractivity contribution is 0.0225. The SMILES string of the molecule is CC(C)CCC1Cc2ccccc2C(=O)O1. The van der Waals surface area contributed by atoms with Gasteiger partial charge in [-0.25, -0.2) is 4.79 Å². The Morgan fingerprint density at radius 2 is 2.12 bits per heavy atom. The Morgan fingerprint density at radius 3 is 2.88 bits per heavy atom. The van der Waals surface area contributed by atoms with Crippen molar-refractivity contribution in [3.05, 3.63) is 35.4 Å². The average Bonchev–Trinajstić information content (AvgIpc) is 2.26. The summed E-state index contributed by atoms with van der Waals surface area (Å²) < 4.78 is 5.42. The van der Waals surface area contributed by atoms with Crippen LogP contribution < -0.4 is 0 Å². The largest absolute Gasteiger partial charge is 0.458 e. The summed E-state index contributed by atoms with van der Waals surface area (Å²) in [5, 5.41) is 0. The molecular formula is C14H18O2. The van der Waals surface area contributed by atoms with Crippen LogP contribution in [0.5, 0.6) is 0 Å². The van der Waals surface area contributed by atoms with Gasteiger partial charge in [0.05, 0.1) is 5.56 Å². The van der Waals surface area contributed by atoms with Crippen molar-refractivity contribution in [1.82, 2.24) is 0 Å². The minimum Gasteiger partial charge on any atom is -0.458 e. The zero-order valence-corrected chi connectivity index (χ0v) is 9.90. The number of hydrogen-bond donors (Lipinski definition) is 0. The third-order valence-electron chi connectivity index (χ3n) is 3.02. The van der Waals surface area contributed by atoms with E-state index in [0.717, 1.165) is 30.4 Å². The number of cyclic esters (lactones) is 1. The highest BCUT2D eigenvalue weighted by atomic mass is 16.5. The summed E-state index contributed by atoms with van der Waals surface area (Å²) in [5.41, 5.74) is 1.87. The van der Waals surface area contributed by atoms with Crippen LogP contribution in [0.4, 0.5) is 0 Å². The van der Waals surface area contributed by atoms with Crippen LogP contribution in [0.25, 0.3) is 0 Å². The molecule has 1 aromatic rings. The molecule has 2 nitrogen and oxygen atoms in total. The number of hydrogen-bond acceptors (Lipinski definition) is 2. The smallest absolute Gasteiger partial charge is 0.338 e. The first-order valence-corrected chi connectivity index (χ1v) is 5.95. The maximum atomic E-state index is 11.7. The van der Waals surface area contributed by atoms with E-state index in [1.165, 1.54) is 0 Å². The standard InChI is InChI=1S/C14H18O2/c1-10(2)7-8-12-9-11-5-3-4-6-13(11)14(15)16-12/h3-6,10,12H,7-9H2,1-2H3. The Kier molecular flexibility index (Phi) is 3.28. The van der Waals surface area contributed by atoms with Crippen LogP contribution in [0.2, 0.25) is 0 Å². The zero-order chi connectivity index (χ0) is 11.5. The quantitative estimate of drug-likeness (QED) is 0.728. The molecule has 0 spiro atoms. The van der Waals surface area contributed by atoms with Gasteiger partial charge in [-0.05, 0) is 30.4 Å². The van der Waals surface area contributed by atoms with Gasteiger partial charge in [-0.2, -0.15) is 0 Å². The fourth-order valence-corrected chi connectivity index (χ4v) is 2.08. The Hall–Kier alpha value is -1.31. The lowest BCUT2D eigenvalue weighted by atomic mass is 9.94. The molecule has 0 bridgehead atoms. The fraction of sp³-hybridized carbons (Fsp3) is 0.500. The molecular weight excluding hydrogens is 200 g/mol. The summed E-state index contributed by atoms with van der Waals surface area (Å²) in [6, 6.07) is 7.74. The molecule has 0 amide bonds.